The first-order valence-corrected chi connectivity index (χ1v) is 14.1. The van der Waals surface area contributed by atoms with Crippen LogP contribution in [0.5, 0.6) is 0 Å². The molecule has 2 N–H and O–H groups in total. The number of aliphatic hydroxyl groups is 1. The van der Waals surface area contributed by atoms with Gasteiger partial charge in [0, 0.05) is 47.5 Å². The Morgan fingerprint density at radius 2 is 1.33 bits per heavy atom. The van der Waals surface area contributed by atoms with Gasteiger partial charge in [-0.15, -0.1) is 0 Å². The molecule has 4 fully saturated rings. The van der Waals surface area contributed by atoms with Gasteiger partial charge in [-0.1, -0.05) is 6.42 Å². The summed E-state index contributed by atoms with van der Waals surface area (Å²) in [6.07, 6.45) is -7.08. The molecule has 2 heterocycles. The van der Waals surface area contributed by atoms with Crippen LogP contribution in [0.3, 0.4) is 0 Å². The van der Waals surface area contributed by atoms with Crippen LogP contribution < -0.4 is 5.32 Å². The Labute approximate surface area is 242 Å². The molecule has 4 aliphatic rings. The number of hydrogen-bond acceptors (Lipinski definition) is 14. The van der Waals surface area contributed by atoms with Crippen LogP contribution in [0.25, 0.3) is 0 Å². The van der Waals surface area contributed by atoms with Crippen molar-refractivity contribution in [1.82, 2.24) is 5.32 Å². The number of fused-ring (bicyclic) bond motifs is 1. The number of ether oxygens (including phenoxy) is 8. The van der Waals surface area contributed by atoms with Crippen LogP contribution in [0.2, 0.25) is 0 Å². The molecular formula is C27H39NO14. The van der Waals surface area contributed by atoms with Gasteiger partial charge < -0.3 is 48.3 Å². The molecule has 4 rings (SSSR count). The molecular weight excluding hydrogens is 562 g/mol. The molecule has 1 amide bonds. The van der Waals surface area contributed by atoms with Crippen LogP contribution in [-0.4, -0.2) is 108 Å². The van der Waals surface area contributed by atoms with E-state index in [1.54, 1.807) is 0 Å². The number of hydrogen-bond donors (Lipinski definition) is 2. The maximum Gasteiger partial charge on any atom is 0.303 e. The molecule has 0 aromatic heterocycles. The summed E-state index contributed by atoms with van der Waals surface area (Å²) in [6.45, 7) is 5.35. The lowest BCUT2D eigenvalue weighted by molar-refractivity contribution is -0.325. The molecule has 0 radical (unpaired) electrons. The van der Waals surface area contributed by atoms with Gasteiger partial charge in [-0.2, -0.15) is 0 Å². The van der Waals surface area contributed by atoms with E-state index < -0.39 is 103 Å². The summed E-state index contributed by atoms with van der Waals surface area (Å²) in [7, 11) is 0. The molecule has 42 heavy (non-hydrogen) atoms. The van der Waals surface area contributed by atoms with E-state index >= 15 is 0 Å². The van der Waals surface area contributed by atoms with Gasteiger partial charge in [0.25, 0.3) is 0 Å². The van der Waals surface area contributed by atoms with Gasteiger partial charge in [0.2, 0.25) is 5.91 Å². The normalized spacial score (nSPS) is 36.9. The molecule has 2 saturated carbocycles. The summed E-state index contributed by atoms with van der Waals surface area (Å²) >= 11 is 0. The first kappa shape index (κ1) is 32.1. The van der Waals surface area contributed by atoms with Crippen molar-refractivity contribution < 1.29 is 67.0 Å². The van der Waals surface area contributed by atoms with E-state index in [4.69, 9.17) is 37.9 Å². The Morgan fingerprint density at radius 1 is 0.762 bits per heavy atom. The van der Waals surface area contributed by atoms with E-state index in [1.165, 1.54) is 13.8 Å². The second kappa shape index (κ2) is 13.2. The predicted octanol–water partition coefficient (Wildman–Crippen LogP) is -0.222. The number of carbonyl (C=O) groups excluding carboxylic acids is 5. The number of esters is 4. The second-order valence-electron chi connectivity index (χ2n) is 11.0. The molecule has 2 saturated heterocycles. The fourth-order valence-electron chi connectivity index (χ4n) is 6.12. The van der Waals surface area contributed by atoms with Gasteiger partial charge in [-0.3, -0.25) is 24.0 Å². The molecule has 1 spiro atoms. The number of aliphatic hydroxyl groups excluding tert-OH is 1. The van der Waals surface area contributed by atoms with Crippen LogP contribution in [0.1, 0.15) is 66.7 Å². The fourth-order valence-corrected chi connectivity index (χ4v) is 6.12. The molecule has 0 aromatic rings. The molecule has 15 heteroatoms. The molecule has 0 bridgehead atoms. The van der Waals surface area contributed by atoms with Crippen molar-refractivity contribution in [3.8, 4) is 0 Å². The van der Waals surface area contributed by atoms with E-state index in [2.05, 4.69) is 5.32 Å². The maximum atomic E-state index is 12.2. The summed E-state index contributed by atoms with van der Waals surface area (Å²) in [5, 5.41) is 13.9. The minimum absolute atomic E-state index is 0.436. The summed E-state index contributed by atoms with van der Waals surface area (Å²) in [6, 6.07) is -1.02. The first-order valence-electron chi connectivity index (χ1n) is 14.1. The average Bonchev–Trinajstić information content (AvgIpc) is 3.34. The quantitative estimate of drug-likeness (QED) is 0.274. The highest BCUT2D eigenvalue weighted by Gasteiger charge is 2.63. The van der Waals surface area contributed by atoms with Crippen molar-refractivity contribution >= 4 is 29.8 Å². The van der Waals surface area contributed by atoms with Gasteiger partial charge in [0.1, 0.15) is 37.1 Å². The lowest BCUT2D eigenvalue weighted by atomic mass is 9.94. The molecule has 10 atom stereocenters. The number of nitrogens with one attached hydrogen (secondary N) is 1. The monoisotopic (exact) mass is 601 g/mol. The van der Waals surface area contributed by atoms with Gasteiger partial charge in [0.05, 0.1) is 6.04 Å². The maximum absolute atomic E-state index is 12.2. The molecule has 236 valence electrons. The Bertz CT molecular complexity index is 1040. The summed E-state index contributed by atoms with van der Waals surface area (Å²) < 4.78 is 46.5. The van der Waals surface area contributed by atoms with Crippen LogP contribution in [0.15, 0.2) is 0 Å². The van der Waals surface area contributed by atoms with Gasteiger partial charge in [0.15, 0.2) is 30.4 Å². The predicted molar refractivity (Wildman–Crippen MR) is 136 cm³/mol. The third-order valence-electron chi connectivity index (χ3n) is 7.63. The minimum Gasteiger partial charge on any atom is -0.463 e. The molecule has 2 aliphatic heterocycles. The van der Waals surface area contributed by atoms with Crippen molar-refractivity contribution in [2.75, 3.05) is 6.61 Å². The van der Waals surface area contributed by atoms with Crippen molar-refractivity contribution in [3.63, 3.8) is 0 Å². The van der Waals surface area contributed by atoms with E-state index in [-0.39, 0.29) is 0 Å². The van der Waals surface area contributed by atoms with Crippen LogP contribution in [0, 0.1) is 0 Å². The highest BCUT2D eigenvalue weighted by molar-refractivity contribution is 5.73. The smallest absolute Gasteiger partial charge is 0.303 e. The van der Waals surface area contributed by atoms with E-state index in [9.17, 15) is 29.1 Å². The number of carbonyl (C=O) groups is 5. The summed E-state index contributed by atoms with van der Waals surface area (Å²) in [5.41, 5.74) is 0. The zero-order valence-corrected chi connectivity index (χ0v) is 24.3. The summed E-state index contributed by atoms with van der Waals surface area (Å²) in [4.78, 5) is 60.1. The Morgan fingerprint density at radius 3 is 1.90 bits per heavy atom. The van der Waals surface area contributed by atoms with Crippen LogP contribution in [-0.2, 0) is 61.9 Å². The Balaban J connectivity index is 1.69. The third-order valence-corrected chi connectivity index (χ3v) is 7.63. The highest BCUT2D eigenvalue weighted by Crippen LogP contribution is 2.47. The zero-order chi connectivity index (χ0) is 30.8. The van der Waals surface area contributed by atoms with Crippen molar-refractivity contribution in [3.05, 3.63) is 0 Å². The SMILES string of the molecule is CC(=O)N[C@H]1[C@H](O)[C@H]2OC3(CCCCC3)O[C@H]2[C@@H]1O[C@@H]1O[C@H](COC(C)=O)[C@@H](OC(C)=O)[C@H](OC(C)=O)[C@H]1OC(C)=O. The van der Waals surface area contributed by atoms with E-state index in [0.717, 1.165) is 40.0 Å². The Kier molecular flexibility index (Phi) is 10.1. The molecule has 15 nitrogen and oxygen atoms in total. The fraction of sp³-hybridized carbons (Fsp3) is 0.815. The topological polar surface area (TPSA) is 191 Å². The first-order chi connectivity index (χ1) is 19.8. The highest BCUT2D eigenvalue weighted by atomic mass is 16.8. The van der Waals surface area contributed by atoms with Gasteiger partial charge >= 0.3 is 23.9 Å². The van der Waals surface area contributed by atoms with E-state index in [0.29, 0.717) is 12.8 Å². The largest absolute Gasteiger partial charge is 0.463 e. The summed E-state index contributed by atoms with van der Waals surface area (Å²) in [5.74, 6) is -4.39. The molecule has 0 aromatic carbocycles. The second-order valence-corrected chi connectivity index (χ2v) is 11.0. The Hall–Kier alpha value is -2.85. The third kappa shape index (κ3) is 7.19. The zero-order valence-electron chi connectivity index (χ0n) is 24.3. The number of rotatable bonds is 8. The van der Waals surface area contributed by atoms with Gasteiger partial charge in [-0.25, -0.2) is 0 Å². The molecule has 2 aliphatic carbocycles. The minimum atomic E-state index is -1.52. The standard InChI is InChI=1S/C27H39NO14/c1-12(29)28-18-19(34)22-24(42-27(41-22)9-7-6-8-10-27)21(18)40-26-25(38-16(5)33)23(37-15(4)32)20(36-14(3)31)17(39-26)11-35-13(2)30/h17-26,34H,6-11H2,1-5H3,(H,28,29)/t17-,18+,19+,20-,21-,22-,23+,24+,25-,26+/m1/s1. The van der Waals surface area contributed by atoms with Crippen molar-refractivity contribution in [2.24, 2.45) is 0 Å². The lowest BCUT2D eigenvalue weighted by Crippen LogP contribution is -2.64. The molecule has 0 unspecified atom stereocenters. The average molecular weight is 602 g/mol. The number of amides is 1. The van der Waals surface area contributed by atoms with Crippen molar-refractivity contribution in [2.45, 2.75) is 134 Å². The van der Waals surface area contributed by atoms with Crippen LogP contribution >= 0.6 is 0 Å². The van der Waals surface area contributed by atoms with Crippen LogP contribution in [0.4, 0.5) is 0 Å². The lowest BCUT2D eigenvalue weighted by Gasteiger charge is -2.45. The van der Waals surface area contributed by atoms with Gasteiger partial charge in [-0.05, 0) is 12.8 Å². The van der Waals surface area contributed by atoms with E-state index in [1.807, 2.05) is 0 Å². The van der Waals surface area contributed by atoms with Crippen molar-refractivity contribution in [1.29, 1.82) is 0 Å².